The Kier molecular flexibility index (Phi) is 4.38. The van der Waals surface area contributed by atoms with Crippen LogP contribution in [0, 0.1) is 40.9 Å². The molecule has 2 N–H and O–H groups in total. The number of hydrogen-bond donors (Lipinski definition) is 2. The van der Waals surface area contributed by atoms with Crippen molar-refractivity contribution in [1.29, 1.82) is 0 Å². The molecule has 166 valence electrons. The van der Waals surface area contributed by atoms with Gasteiger partial charge in [-0.25, -0.2) is 15.0 Å². The van der Waals surface area contributed by atoms with Gasteiger partial charge in [-0.3, -0.25) is 0 Å². The SMILES string of the molecule is C#CC1(O)CCC2C3CC=C4c5sc(Nc6ncccn6)nc5CCC4(C)C3CCC21C. The van der Waals surface area contributed by atoms with Crippen molar-refractivity contribution in [3.8, 4) is 12.3 Å². The molecule has 0 spiro atoms. The van der Waals surface area contributed by atoms with Gasteiger partial charge in [-0.2, -0.15) is 0 Å². The highest BCUT2D eigenvalue weighted by Crippen LogP contribution is 2.68. The molecule has 6 heteroatoms. The quantitative estimate of drug-likeness (QED) is 0.619. The first-order chi connectivity index (χ1) is 15.4. The Morgan fingerprint density at radius 1 is 1.16 bits per heavy atom. The van der Waals surface area contributed by atoms with Gasteiger partial charge in [-0.05, 0) is 79.8 Å². The molecule has 0 aromatic carbocycles. The molecule has 0 aliphatic heterocycles. The zero-order chi connectivity index (χ0) is 22.1. The summed E-state index contributed by atoms with van der Waals surface area (Å²) in [5, 5.41) is 15.4. The third-order valence-corrected chi connectivity index (χ3v) is 10.5. The number of terminal acetylenes is 1. The van der Waals surface area contributed by atoms with Crippen LogP contribution in [-0.4, -0.2) is 25.7 Å². The second-order valence-electron chi connectivity index (χ2n) is 10.6. The van der Waals surface area contributed by atoms with Gasteiger partial charge < -0.3 is 10.4 Å². The van der Waals surface area contributed by atoms with E-state index in [1.54, 1.807) is 23.7 Å². The first kappa shape index (κ1) is 20.4. The van der Waals surface area contributed by atoms with Gasteiger partial charge in [0.25, 0.3) is 0 Å². The number of nitrogens with zero attached hydrogens (tertiary/aromatic N) is 3. The first-order valence-corrected chi connectivity index (χ1v) is 12.6. The normalized spacial score (nSPS) is 39.7. The van der Waals surface area contributed by atoms with Gasteiger partial charge in [-0.1, -0.05) is 37.2 Å². The summed E-state index contributed by atoms with van der Waals surface area (Å²) in [5.41, 5.74) is 1.78. The van der Waals surface area contributed by atoms with Crippen molar-refractivity contribution in [2.75, 3.05) is 5.32 Å². The third kappa shape index (κ3) is 2.64. The van der Waals surface area contributed by atoms with Gasteiger partial charge in [-0.15, -0.1) is 6.42 Å². The number of thiazole rings is 1. The van der Waals surface area contributed by atoms with Crippen molar-refractivity contribution in [1.82, 2.24) is 15.0 Å². The summed E-state index contributed by atoms with van der Waals surface area (Å²) < 4.78 is 0. The number of hydrogen-bond acceptors (Lipinski definition) is 6. The van der Waals surface area contributed by atoms with E-state index in [0.717, 1.165) is 50.1 Å². The van der Waals surface area contributed by atoms with Gasteiger partial charge in [0.15, 0.2) is 5.13 Å². The number of allylic oxidation sites excluding steroid dienone is 2. The van der Waals surface area contributed by atoms with Crippen molar-refractivity contribution in [2.45, 2.75) is 64.4 Å². The van der Waals surface area contributed by atoms with E-state index in [-0.39, 0.29) is 10.8 Å². The number of aryl methyl sites for hydroxylation is 1. The predicted molar refractivity (Wildman–Crippen MR) is 127 cm³/mol. The minimum atomic E-state index is -0.939. The second kappa shape index (κ2) is 6.88. The van der Waals surface area contributed by atoms with Crippen molar-refractivity contribution < 1.29 is 5.11 Å². The van der Waals surface area contributed by atoms with Crippen LogP contribution in [-0.2, 0) is 6.42 Å². The van der Waals surface area contributed by atoms with Gasteiger partial charge >= 0.3 is 0 Å². The fraction of sp³-hybridized carbons (Fsp3) is 0.577. The summed E-state index contributed by atoms with van der Waals surface area (Å²) in [5.74, 6) is 5.14. The fourth-order valence-electron chi connectivity index (χ4n) is 7.64. The van der Waals surface area contributed by atoms with E-state index in [1.165, 1.54) is 16.1 Å². The molecule has 2 heterocycles. The molecule has 6 unspecified atom stereocenters. The van der Waals surface area contributed by atoms with E-state index in [0.29, 0.717) is 23.7 Å². The maximum absolute atomic E-state index is 11.2. The number of aromatic nitrogens is 3. The Labute approximate surface area is 193 Å². The second-order valence-corrected chi connectivity index (χ2v) is 11.6. The zero-order valence-corrected chi connectivity index (χ0v) is 19.6. The molecule has 0 radical (unpaired) electrons. The number of rotatable bonds is 2. The summed E-state index contributed by atoms with van der Waals surface area (Å²) in [6.07, 6.45) is 19.0. The van der Waals surface area contributed by atoms with Crippen LogP contribution >= 0.6 is 11.3 Å². The number of anilines is 2. The van der Waals surface area contributed by atoms with Crippen LogP contribution in [0.2, 0.25) is 0 Å². The highest BCUT2D eigenvalue weighted by molar-refractivity contribution is 7.16. The van der Waals surface area contributed by atoms with E-state index >= 15 is 0 Å². The maximum atomic E-state index is 11.2. The summed E-state index contributed by atoms with van der Waals surface area (Å²) in [7, 11) is 0. The lowest BCUT2D eigenvalue weighted by atomic mass is 9.47. The van der Waals surface area contributed by atoms with Crippen LogP contribution in [0.25, 0.3) is 5.57 Å². The number of nitrogens with one attached hydrogen (secondary N) is 1. The lowest BCUT2D eigenvalue weighted by molar-refractivity contribution is -0.0886. The standard InChI is InChI=1S/C26H30N4OS/c1-4-26(31)13-9-18-16-6-7-19-21-20(29-23(32-21)30-22-27-14-5-15-28-22)10-11-24(19,2)17(16)8-12-25(18,26)3/h1,5,7,14-18,31H,6,8-13H2,2-3H3,(H,27,28,29,30). The maximum Gasteiger partial charge on any atom is 0.228 e. The molecule has 5 nitrogen and oxygen atoms in total. The predicted octanol–water partition coefficient (Wildman–Crippen LogP) is 5.22. The number of aliphatic hydroxyl groups is 1. The lowest BCUT2D eigenvalue weighted by Crippen LogP contribution is -2.53. The van der Waals surface area contributed by atoms with E-state index in [2.05, 4.69) is 41.1 Å². The summed E-state index contributed by atoms with van der Waals surface area (Å²) in [6.45, 7) is 4.74. The fourth-order valence-corrected chi connectivity index (χ4v) is 8.83. The molecule has 32 heavy (non-hydrogen) atoms. The highest BCUT2D eigenvalue weighted by atomic mass is 32.1. The minimum Gasteiger partial charge on any atom is -0.377 e. The topological polar surface area (TPSA) is 70.9 Å². The smallest absolute Gasteiger partial charge is 0.228 e. The minimum absolute atomic E-state index is 0.151. The van der Waals surface area contributed by atoms with Crippen LogP contribution in [0.15, 0.2) is 24.5 Å². The first-order valence-electron chi connectivity index (χ1n) is 11.8. The summed E-state index contributed by atoms with van der Waals surface area (Å²) >= 11 is 1.74. The average molecular weight is 447 g/mol. The molecule has 0 saturated heterocycles. The monoisotopic (exact) mass is 446 g/mol. The Morgan fingerprint density at radius 2 is 1.94 bits per heavy atom. The average Bonchev–Trinajstić information content (AvgIpc) is 3.32. The van der Waals surface area contributed by atoms with Crippen LogP contribution < -0.4 is 5.32 Å². The van der Waals surface area contributed by atoms with Crippen LogP contribution in [0.1, 0.15) is 62.9 Å². The molecule has 2 aromatic heterocycles. The lowest BCUT2D eigenvalue weighted by Gasteiger charge is -2.57. The molecule has 0 bridgehead atoms. The van der Waals surface area contributed by atoms with Crippen LogP contribution in [0.4, 0.5) is 11.1 Å². The van der Waals surface area contributed by atoms with Crippen LogP contribution in [0.5, 0.6) is 0 Å². The number of fused-ring (bicyclic) bond motifs is 7. The Hall–Kier alpha value is -2.23. The largest absolute Gasteiger partial charge is 0.377 e. The molecule has 2 saturated carbocycles. The molecular weight excluding hydrogens is 416 g/mol. The summed E-state index contributed by atoms with van der Waals surface area (Å²) in [4.78, 5) is 14.8. The Morgan fingerprint density at radius 3 is 2.72 bits per heavy atom. The van der Waals surface area contributed by atoms with E-state index in [9.17, 15) is 5.11 Å². The van der Waals surface area contributed by atoms with Crippen molar-refractivity contribution >= 4 is 28.0 Å². The zero-order valence-electron chi connectivity index (χ0n) is 18.8. The summed E-state index contributed by atoms with van der Waals surface area (Å²) in [6, 6.07) is 1.82. The molecule has 2 fully saturated rings. The molecule has 4 aliphatic carbocycles. The van der Waals surface area contributed by atoms with Gasteiger partial charge in [0.05, 0.1) is 10.6 Å². The Bertz CT molecular complexity index is 1140. The van der Waals surface area contributed by atoms with E-state index in [1.807, 2.05) is 6.07 Å². The molecule has 4 aliphatic rings. The van der Waals surface area contributed by atoms with E-state index in [4.69, 9.17) is 11.4 Å². The molecule has 6 rings (SSSR count). The van der Waals surface area contributed by atoms with Crippen LogP contribution in [0.3, 0.4) is 0 Å². The molecule has 2 aromatic rings. The highest BCUT2D eigenvalue weighted by Gasteiger charge is 2.63. The Balaban J connectivity index is 1.34. The van der Waals surface area contributed by atoms with Crippen molar-refractivity contribution in [3.05, 3.63) is 35.1 Å². The van der Waals surface area contributed by atoms with E-state index < -0.39 is 5.60 Å². The van der Waals surface area contributed by atoms with Gasteiger partial charge in [0.2, 0.25) is 5.95 Å². The van der Waals surface area contributed by atoms with Gasteiger partial charge in [0.1, 0.15) is 5.60 Å². The van der Waals surface area contributed by atoms with Gasteiger partial charge in [0, 0.05) is 17.8 Å². The molecular formula is C26H30N4OS. The van der Waals surface area contributed by atoms with Crippen molar-refractivity contribution in [3.63, 3.8) is 0 Å². The third-order valence-electron chi connectivity index (χ3n) is 9.46. The molecule has 0 amide bonds. The molecule has 6 atom stereocenters. The van der Waals surface area contributed by atoms with Crippen molar-refractivity contribution in [2.24, 2.45) is 28.6 Å².